The van der Waals surface area contributed by atoms with Gasteiger partial charge in [-0.25, -0.2) is 0 Å². The van der Waals surface area contributed by atoms with Gasteiger partial charge in [0.2, 0.25) is 0 Å². The minimum atomic E-state index is -0.300. The molecule has 1 heterocycles. The number of rotatable bonds is 5. The summed E-state index contributed by atoms with van der Waals surface area (Å²) in [6.45, 7) is 9.51. The monoisotopic (exact) mass is 241 g/mol. The molecule has 92 valence electrons. The summed E-state index contributed by atoms with van der Waals surface area (Å²) in [5.74, 6) is 1.25. The second-order valence-corrected chi connectivity index (χ2v) is 5.83. The number of hydrogen-bond donors (Lipinski definition) is 0. The Morgan fingerprint density at radius 2 is 1.88 bits per heavy atom. The molecule has 0 aliphatic carbocycles. The Labute approximate surface area is 104 Å². The van der Waals surface area contributed by atoms with E-state index in [1.54, 1.807) is 0 Å². The van der Waals surface area contributed by atoms with Crippen LogP contribution in [0.25, 0.3) is 0 Å². The Morgan fingerprint density at radius 1 is 1.25 bits per heavy atom. The van der Waals surface area contributed by atoms with E-state index in [-0.39, 0.29) is 5.54 Å². The lowest BCUT2D eigenvalue weighted by molar-refractivity contribution is 0.0804. The predicted molar refractivity (Wildman–Crippen MR) is 70.7 cm³/mol. The fraction of sp³-hybridized carbons (Fsp3) is 0.917. The third kappa shape index (κ3) is 3.97. The van der Waals surface area contributed by atoms with Gasteiger partial charge in [0.1, 0.15) is 5.54 Å². The second kappa shape index (κ2) is 6.48. The highest BCUT2D eigenvalue weighted by Crippen LogP contribution is 2.15. The molecular weight excluding hydrogens is 218 g/mol. The van der Waals surface area contributed by atoms with Crippen LogP contribution < -0.4 is 0 Å². The van der Waals surface area contributed by atoms with Gasteiger partial charge in [0.05, 0.1) is 6.07 Å². The maximum Gasteiger partial charge on any atom is 0.103 e. The van der Waals surface area contributed by atoms with E-state index in [1.807, 2.05) is 25.6 Å². The highest BCUT2D eigenvalue weighted by molar-refractivity contribution is 7.98. The van der Waals surface area contributed by atoms with Crippen molar-refractivity contribution in [3.8, 4) is 6.07 Å². The van der Waals surface area contributed by atoms with Crippen LogP contribution in [0.4, 0.5) is 0 Å². The van der Waals surface area contributed by atoms with E-state index in [4.69, 9.17) is 5.26 Å². The fourth-order valence-electron chi connectivity index (χ4n) is 2.03. The summed E-state index contributed by atoms with van der Waals surface area (Å²) >= 11 is 1.92. The number of piperazine rings is 1. The van der Waals surface area contributed by atoms with Crippen LogP contribution in [0.1, 0.15) is 20.3 Å². The van der Waals surface area contributed by atoms with Gasteiger partial charge >= 0.3 is 0 Å². The van der Waals surface area contributed by atoms with E-state index in [0.717, 1.165) is 26.2 Å². The first-order valence-corrected chi connectivity index (χ1v) is 7.37. The number of thioether (sulfide) groups is 1. The highest BCUT2D eigenvalue weighted by Gasteiger charge is 2.29. The van der Waals surface area contributed by atoms with Gasteiger partial charge in [0, 0.05) is 26.2 Å². The molecular formula is C12H23N3S. The normalized spacial score (nSPS) is 19.6. The van der Waals surface area contributed by atoms with Crippen LogP contribution in [-0.4, -0.2) is 60.1 Å². The zero-order valence-electron chi connectivity index (χ0n) is 10.7. The van der Waals surface area contributed by atoms with E-state index in [2.05, 4.69) is 22.1 Å². The average Bonchev–Trinajstić information content (AvgIpc) is 2.30. The van der Waals surface area contributed by atoms with E-state index in [1.165, 1.54) is 18.7 Å². The van der Waals surface area contributed by atoms with Crippen LogP contribution in [0.5, 0.6) is 0 Å². The molecule has 0 bridgehead atoms. The highest BCUT2D eigenvalue weighted by atomic mass is 32.2. The predicted octanol–water partition coefficient (Wildman–Crippen LogP) is 1.66. The first-order valence-electron chi connectivity index (χ1n) is 5.98. The molecule has 0 amide bonds. The molecule has 3 nitrogen and oxygen atoms in total. The molecule has 1 saturated heterocycles. The lowest BCUT2D eigenvalue weighted by Crippen LogP contribution is -2.54. The van der Waals surface area contributed by atoms with E-state index < -0.39 is 0 Å². The van der Waals surface area contributed by atoms with Gasteiger partial charge in [-0.1, -0.05) is 0 Å². The maximum atomic E-state index is 9.08. The topological polar surface area (TPSA) is 30.3 Å². The lowest BCUT2D eigenvalue weighted by atomic mass is 10.0. The molecule has 1 aliphatic heterocycles. The van der Waals surface area contributed by atoms with Crippen LogP contribution in [0.2, 0.25) is 0 Å². The molecule has 16 heavy (non-hydrogen) atoms. The zero-order chi connectivity index (χ0) is 12.0. The Balaban J connectivity index is 2.26. The van der Waals surface area contributed by atoms with Crippen molar-refractivity contribution in [1.82, 2.24) is 9.80 Å². The van der Waals surface area contributed by atoms with Crippen molar-refractivity contribution < 1.29 is 0 Å². The number of nitrogens with zero attached hydrogens (tertiary/aromatic N) is 3. The fourth-order valence-corrected chi connectivity index (χ4v) is 2.45. The molecule has 0 atom stereocenters. The summed E-state index contributed by atoms with van der Waals surface area (Å²) in [5.41, 5.74) is -0.300. The van der Waals surface area contributed by atoms with Crippen molar-refractivity contribution in [3.63, 3.8) is 0 Å². The molecule has 0 aromatic carbocycles. The lowest BCUT2D eigenvalue weighted by Gasteiger charge is -2.40. The van der Waals surface area contributed by atoms with Crippen molar-refractivity contribution in [2.45, 2.75) is 25.8 Å². The minimum Gasteiger partial charge on any atom is -0.301 e. The molecule has 0 N–H and O–H groups in total. The summed E-state index contributed by atoms with van der Waals surface area (Å²) in [7, 11) is 0. The smallest absolute Gasteiger partial charge is 0.103 e. The van der Waals surface area contributed by atoms with Crippen LogP contribution in [0.3, 0.4) is 0 Å². The molecule has 1 rings (SSSR count). The molecule has 1 aliphatic rings. The standard InChI is InChI=1S/C12H23N3S/c1-12(2,11-13)15-8-6-14(7-9-15)5-4-10-16-3/h4-10H2,1-3H3. The number of nitriles is 1. The molecule has 4 heteroatoms. The second-order valence-electron chi connectivity index (χ2n) is 4.85. The van der Waals surface area contributed by atoms with Crippen molar-refractivity contribution in [2.75, 3.05) is 44.7 Å². The van der Waals surface area contributed by atoms with Gasteiger partial charge in [-0.05, 0) is 38.8 Å². The van der Waals surface area contributed by atoms with Crippen LogP contribution in [-0.2, 0) is 0 Å². The SMILES string of the molecule is CSCCCN1CCN(C(C)(C)C#N)CC1. The average molecular weight is 241 g/mol. The van der Waals surface area contributed by atoms with E-state index in [0.29, 0.717) is 0 Å². The Morgan fingerprint density at radius 3 is 2.38 bits per heavy atom. The van der Waals surface area contributed by atoms with Gasteiger partial charge < -0.3 is 4.90 Å². The summed E-state index contributed by atoms with van der Waals surface area (Å²) < 4.78 is 0. The summed E-state index contributed by atoms with van der Waals surface area (Å²) in [4.78, 5) is 4.80. The van der Waals surface area contributed by atoms with Crippen LogP contribution >= 0.6 is 11.8 Å². The van der Waals surface area contributed by atoms with Gasteiger partial charge in [0.25, 0.3) is 0 Å². The molecule has 0 spiro atoms. The zero-order valence-corrected chi connectivity index (χ0v) is 11.5. The van der Waals surface area contributed by atoms with Crippen molar-refractivity contribution in [2.24, 2.45) is 0 Å². The van der Waals surface area contributed by atoms with Crippen molar-refractivity contribution in [3.05, 3.63) is 0 Å². The van der Waals surface area contributed by atoms with Gasteiger partial charge in [-0.2, -0.15) is 17.0 Å². The van der Waals surface area contributed by atoms with Gasteiger partial charge in [-0.15, -0.1) is 0 Å². The van der Waals surface area contributed by atoms with Crippen LogP contribution in [0.15, 0.2) is 0 Å². The number of hydrogen-bond acceptors (Lipinski definition) is 4. The Bertz CT molecular complexity index is 239. The van der Waals surface area contributed by atoms with Crippen molar-refractivity contribution >= 4 is 11.8 Å². The first kappa shape index (κ1) is 13.8. The molecule has 0 aromatic rings. The third-order valence-electron chi connectivity index (χ3n) is 3.26. The van der Waals surface area contributed by atoms with Crippen LogP contribution in [0, 0.1) is 11.3 Å². The quantitative estimate of drug-likeness (QED) is 0.685. The molecule has 0 unspecified atom stereocenters. The first-order chi connectivity index (χ1) is 7.60. The molecule has 1 fully saturated rings. The van der Waals surface area contributed by atoms with Gasteiger partial charge in [-0.3, -0.25) is 4.90 Å². The molecule has 0 aromatic heterocycles. The minimum absolute atomic E-state index is 0.300. The third-order valence-corrected chi connectivity index (χ3v) is 3.96. The summed E-state index contributed by atoms with van der Waals surface area (Å²) in [6.07, 6.45) is 3.44. The summed E-state index contributed by atoms with van der Waals surface area (Å²) in [6, 6.07) is 2.38. The maximum absolute atomic E-state index is 9.08. The van der Waals surface area contributed by atoms with Crippen molar-refractivity contribution in [1.29, 1.82) is 5.26 Å². The molecule has 0 saturated carbocycles. The largest absolute Gasteiger partial charge is 0.301 e. The summed E-state index contributed by atoms with van der Waals surface area (Å²) in [5, 5.41) is 9.08. The molecule has 0 radical (unpaired) electrons. The van der Waals surface area contributed by atoms with E-state index in [9.17, 15) is 0 Å². The Kier molecular flexibility index (Phi) is 5.60. The van der Waals surface area contributed by atoms with E-state index >= 15 is 0 Å². The van der Waals surface area contributed by atoms with Gasteiger partial charge in [0.15, 0.2) is 0 Å². The Hall–Kier alpha value is -0.240.